The lowest BCUT2D eigenvalue weighted by Crippen LogP contribution is -2.28. The lowest BCUT2D eigenvalue weighted by molar-refractivity contribution is 0.745. The molecule has 0 radical (unpaired) electrons. The third-order valence-electron chi connectivity index (χ3n) is 10.1. The van der Waals surface area contributed by atoms with Crippen LogP contribution in [0.25, 0.3) is 60.2 Å². The van der Waals surface area contributed by atoms with Gasteiger partial charge in [0.25, 0.3) is 0 Å². The molecule has 0 fully saturated rings. The number of rotatable bonds is 3. The van der Waals surface area contributed by atoms with Gasteiger partial charge in [0.15, 0.2) is 0 Å². The molecular formula is C44H30N2. The molecule has 0 spiro atoms. The van der Waals surface area contributed by atoms with Crippen LogP contribution < -0.4 is 4.90 Å². The van der Waals surface area contributed by atoms with Crippen LogP contribution in [0.1, 0.15) is 11.5 Å². The van der Waals surface area contributed by atoms with Crippen LogP contribution in [0.5, 0.6) is 0 Å². The predicted octanol–water partition coefficient (Wildman–Crippen LogP) is 11.5. The van der Waals surface area contributed by atoms with Crippen LogP contribution in [0, 0.1) is 0 Å². The highest BCUT2D eigenvalue weighted by Crippen LogP contribution is 2.49. The van der Waals surface area contributed by atoms with Gasteiger partial charge in [0.05, 0.1) is 17.1 Å². The minimum absolute atomic E-state index is 0.263. The fourth-order valence-electron chi connectivity index (χ4n) is 7.89. The summed E-state index contributed by atoms with van der Waals surface area (Å²) in [6.07, 6.45) is 9.12. The lowest BCUT2D eigenvalue weighted by Gasteiger charge is -2.29. The van der Waals surface area contributed by atoms with E-state index < -0.39 is 0 Å². The molecule has 0 bridgehead atoms. The Balaban J connectivity index is 1.11. The summed E-state index contributed by atoms with van der Waals surface area (Å²) in [7, 11) is 0. The maximum Gasteiger partial charge on any atom is 0.0629 e. The Hall–Kier alpha value is -5.86. The van der Waals surface area contributed by atoms with Crippen LogP contribution in [-0.2, 0) is 0 Å². The van der Waals surface area contributed by atoms with Crippen LogP contribution in [0.4, 0.5) is 11.4 Å². The van der Waals surface area contributed by atoms with E-state index in [2.05, 4.69) is 179 Å². The first kappa shape index (κ1) is 25.5. The second-order valence-electron chi connectivity index (χ2n) is 12.6. The predicted molar refractivity (Wildman–Crippen MR) is 195 cm³/mol. The van der Waals surface area contributed by atoms with Crippen molar-refractivity contribution in [3.63, 3.8) is 0 Å². The summed E-state index contributed by atoms with van der Waals surface area (Å²) in [5, 5.41) is 7.61. The highest BCUT2D eigenvalue weighted by molar-refractivity contribution is 6.10. The van der Waals surface area contributed by atoms with Crippen molar-refractivity contribution in [2.45, 2.75) is 12.0 Å². The monoisotopic (exact) mass is 586 g/mol. The number of hydrogen-bond acceptors (Lipinski definition) is 1. The smallest absolute Gasteiger partial charge is 0.0629 e. The summed E-state index contributed by atoms with van der Waals surface area (Å²) < 4.78 is 2.41. The quantitative estimate of drug-likeness (QED) is 0.200. The number of aromatic nitrogens is 1. The van der Waals surface area contributed by atoms with E-state index in [1.54, 1.807) is 0 Å². The van der Waals surface area contributed by atoms with Gasteiger partial charge >= 0.3 is 0 Å². The maximum atomic E-state index is 2.52. The van der Waals surface area contributed by atoms with Gasteiger partial charge in [-0.25, -0.2) is 0 Å². The number of allylic oxidation sites excluding steroid dienone is 2. The minimum atomic E-state index is 0.263. The molecular weight excluding hydrogens is 556 g/mol. The van der Waals surface area contributed by atoms with E-state index >= 15 is 0 Å². The van der Waals surface area contributed by atoms with Gasteiger partial charge in [-0.15, -0.1) is 0 Å². The van der Waals surface area contributed by atoms with Crippen molar-refractivity contribution in [1.29, 1.82) is 0 Å². The summed E-state index contributed by atoms with van der Waals surface area (Å²) in [5.41, 5.74) is 10.1. The van der Waals surface area contributed by atoms with E-state index in [0.29, 0.717) is 5.92 Å². The van der Waals surface area contributed by atoms with Crippen molar-refractivity contribution >= 4 is 54.7 Å². The third-order valence-corrected chi connectivity index (χ3v) is 10.1. The van der Waals surface area contributed by atoms with E-state index in [9.17, 15) is 0 Å². The zero-order valence-electron chi connectivity index (χ0n) is 25.2. The molecule has 46 heavy (non-hydrogen) atoms. The van der Waals surface area contributed by atoms with Gasteiger partial charge in [-0.05, 0) is 92.8 Å². The van der Waals surface area contributed by atoms with Crippen molar-refractivity contribution in [3.05, 3.63) is 175 Å². The maximum absolute atomic E-state index is 2.52. The summed E-state index contributed by atoms with van der Waals surface area (Å²) in [6, 6.07) is 54.0. The average molecular weight is 587 g/mol. The van der Waals surface area contributed by atoms with Gasteiger partial charge < -0.3 is 9.47 Å². The molecule has 2 unspecified atom stereocenters. The Kier molecular flexibility index (Phi) is 5.44. The number of anilines is 2. The van der Waals surface area contributed by atoms with Crippen LogP contribution in [0.3, 0.4) is 0 Å². The standard InChI is InChI=1S/C44H30N2/c1-3-11-31-25-35(21-17-29(31)9-1)45-41-15-7-5-13-37(41)39-27-33(19-23-43(39)45)34-20-24-44-40(28-34)38-14-6-8-16-42(38)46(44)36-22-18-30-10-2-4-12-32(30)26-36/h1-28,37,41H. The summed E-state index contributed by atoms with van der Waals surface area (Å²) >= 11 is 0. The molecule has 0 N–H and O–H groups in total. The lowest BCUT2D eigenvalue weighted by atomic mass is 9.89. The molecule has 216 valence electrons. The molecule has 0 saturated heterocycles. The Labute approximate surface area is 267 Å². The third kappa shape index (κ3) is 3.77. The van der Waals surface area contributed by atoms with Crippen LogP contribution in [0.15, 0.2) is 170 Å². The van der Waals surface area contributed by atoms with Gasteiger partial charge in [-0.1, -0.05) is 115 Å². The van der Waals surface area contributed by atoms with Crippen molar-refractivity contribution in [3.8, 4) is 16.8 Å². The fraction of sp³-hybridized carbons (Fsp3) is 0.0455. The zero-order valence-corrected chi connectivity index (χ0v) is 25.2. The van der Waals surface area contributed by atoms with E-state index in [1.165, 1.54) is 77.1 Å². The second-order valence-corrected chi connectivity index (χ2v) is 12.6. The Morgan fingerprint density at radius 1 is 0.435 bits per heavy atom. The first-order chi connectivity index (χ1) is 22.8. The minimum Gasteiger partial charge on any atom is -0.333 e. The second kappa shape index (κ2) is 9.82. The van der Waals surface area contributed by atoms with Gasteiger partial charge in [0, 0.05) is 33.8 Å². The van der Waals surface area contributed by atoms with Crippen LogP contribution in [-0.4, -0.2) is 10.6 Å². The van der Waals surface area contributed by atoms with Crippen molar-refractivity contribution in [2.24, 2.45) is 0 Å². The van der Waals surface area contributed by atoms with E-state index in [4.69, 9.17) is 0 Å². The van der Waals surface area contributed by atoms with Crippen molar-refractivity contribution in [2.75, 3.05) is 4.90 Å². The number of fused-ring (bicyclic) bond motifs is 8. The van der Waals surface area contributed by atoms with Gasteiger partial charge in [0.1, 0.15) is 0 Å². The SMILES string of the molecule is C1=CC2c3cc(-c4ccc5c(c4)c4ccccc4n5-c4ccc5ccccc5c4)ccc3N(c3ccc4ccccc4c3)C2C=C1. The molecule has 1 aliphatic carbocycles. The van der Waals surface area contributed by atoms with Crippen molar-refractivity contribution in [1.82, 2.24) is 4.57 Å². The molecule has 8 aromatic rings. The van der Waals surface area contributed by atoms with Gasteiger partial charge in [-0.3, -0.25) is 0 Å². The van der Waals surface area contributed by atoms with Crippen LogP contribution >= 0.6 is 0 Å². The zero-order chi connectivity index (χ0) is 30.2. The highest BCUT2D eigenvalue weighted by Gasteiger charge is 2.37. The molecule has 2 heterocycles. The average Bonchev–Trinajstić information content (AvgIpc) is 3.63. The van der Waals surface area contributed by atoms with Crippen molar-refractivity contribution < 1.29 is 0 Å². The molecule has 0 saturated carbocycles. The Bertz CT molecular complexity index is 2560. The topological polar surface area (TPSA) is 8.17 Å². The largest absolute Gasteiger partial charge is 0.333 e. The van der Waals surface area contributed by atoms with Crippen LogP contribution in [0.2, 0.25) is 0 Å². The van der Waals surface area contributed by atoms with E-state index in [1.807, 2.05) is 0 Å². The molecule has 2 nitrogen and oxygen atoms in total. The molecule has 7 aromatic carbocycles. The van der Waals surface area contributed by atoms with E-state index in [0.717, 1.165) is 0 Å². The first-order valence-corrected chi connectivity index (χ1v) is 16.1. The number of hydrogen-bond donors (Lipinski definition) is 0. The molecule has 0 amide bonds. The number of para-hydroxylation sites is 1. The summed E-state index contributed by atoms with van der Waals surface area (Å²) in [6.45, 7) is 0. The van der Waals surface area contributed by atoms with Gasteiger partial charge in [0.2, 0.25) is 0 Å². The van der Waals surface area contributed by atoms with Gasteiger partial charge in [-0.2, -0.15) is 0 Å². The molecule has 2 atom stereocenters. The normalized spacial score (nSPS) is 16.9. The Morgan fingerprint density at radius 2 is 1.07 bits per heavy atom. The molecule has 1 aliphatic heterocycles. The summed E-state index contributed by atoms with van der Waals surface area (Å²) in [5.74, 6) is 0.310. The first-order valence-electron chi connectivity index (χ1n) is 16.1. The molecule has 2 aliphatic rings. The number of benzene rings is 7. The number of nitrogens with zero attached hydrogens (tertiary/aromatic N) is 2. The fourth-order valence-corrected chi connectivity index (χ4v) is 7.89. The van der Waals surface area contributed by atoms with E-state index in [-0.39, 0.29) is 6.04 Å². The summed E-state index contributed by atoms with van der Waals surface area (Å²) in [4.78, 5) is 2.52. The molecule has 2 heteroatoms. The Morgan fingerprint density at radius 3 is 1.89 bits per heavy atom. The molecule has 1 aromatic heterocycles. The molecule has 10 rings (SSSR count). The highest BCUT2D eigenvalue weighted by atomic mass is 15.2.